The summed E-state index contributed by atoms with van der Waals surface area (Å²) < 4.78 is 40.2. The largest absolute Gasteiger partial charge is 0.323 e. The Bertz CT molecular complexity index is 1040. The number of carbonyl (C=O) groups is 1. The second-order valence-corrected chi connectivity index (χ2v) is 8.89. The number of carbonyl (C=O) groups excluding carboxylic acids is 1. The van der Waals surface area contributed by atoms with Crippen molar-refractivity contribution in [2.24, 2.45) is 0 Å². The molecular weight excluding hydrogens is 411 g/mol. The average Bonchev–Trinajstić information content (AvgIpc) is 3.18. The van der Waals surface area contributed by atoms with Gasteiger partial charge < -0.3 is 5.32 Å². The lowest BCUT2D eigenvalue weighted by molar-refractivity contribution is -0.114. The maximum atomic E-state index is 13.3. The van der Waals surface area contributed by atoms with Crippen molar-refractivity contribution >= 4 is 50.2 Å². The first kappa shape index (κ1) is 19.3. The molecule has 1 aromatic heterocycles. The Labute approximate surface area is 165 Å². The van der Waals surface area contributed by atoms with E-state index < -0.39 is 28.3 Å². The van der Waals surface area contributed by atoms with Gasteiger partial charge >= 0.3 is 0 Å². The number of hydrogen-bond acceptors (Lipinski definition) is 4. The van der Waals surface area contributed by atoms with Crippen LogP contribution in [0, 0.1) is 5.82 Å². The van der Waals surface area contributed by atoms with Crippen LogP contribution >= 0.6 is 22.9 Å². The van der Waals surface area contributed by atoms with Gasteiger partial charge in [-0.15, -0.1) is 11.3 Å². The number of benzene rings is 2. The third-order valence-electron chi connectivity index (χ3n) is 3.59. The molecule has 3 aromatic rings. The molecule has 140 valence electrons. The zero-order chi connectivity index (χ0) is 19.4. The van der Waals surface area contributed by atoms with E-state index in [1.165, 1.54) is 18.2 Å². The molecule has 5 nitrogen and oxygen atoms in total. The first-order valence-electron chi connectivity index (χ1n) is 7.74. The molecule has 1 amide bonds. The molecule has 0 saturated carbocycles. The SMILES string of the molecule is O=C(CN(c1ccc(F)cc1)S(=O)(=O)c1cccs1)Nc1ccccc1Cl. The van der Waals surface area contributed by atoms with E-state index in [4.69, 9.17) is 11.6 Å². The van der Waals surface area contributed by atoms with Crippen LogP contribution in [0.25, 0.3) is 0 Å². The van der Waals surface area contributed by atoms with Gasteiger partial charge in [0.2, 0.25) is 5.91 Å². The average molecular weight is 425 g/mol. The predicted octanol–water partition coefficient (Wildman–Crippen LogP) is 4.37. The van der Waals surface area contributed by atoms with E-state index >= 15 is 0 Å². The minimum Gasteiger partial charge on any atom is -0.323 e. The molecule has 0 bridgehead atoms. The van der Waals surface area contributed by atoms with Gasteiger partial charge in [-0.1, -0.05) is 29.8 Å². The molecule has 1 N–H and O–H groups in total. The summed E-state index contributed by atoms with van der Waals surface area (Å²) in [5.41, 5.74) is 0.552. The summed E-state index contributed by atoms with van der Waals surface area (Å²) >= 11 is 7.06. The van der Waals surface area contributed by atoms with E-state index in [-0.39, 0.29) is 9.90 Å². The minimum absolute atomic E-state index is 0.0809. The van der Waals surface area contributed by atoms with Crippen molar-refractivity contribution in [3.05, 3.63) is 76.9 Å². The van der Waals surface area contributed by atoms with E-state index in [9.17, 15) is 17.6 Å². The van der Waals surface area contributed by atoms with Gasteiger partial charge in [0.25, 0.3) is 10.0 Å². The molecular formula is C18H14ClFN2O3S2. The van der Waals surface area contributed by atoms with Gasteiger partial charge in [-0.3, -0.25) is 9.10 Å². The Kier molecular flexibility index (Phi) is 5.79. The van der Waals surface area contributed by atoms with Gasteiger partial charge in [-0.2, -0.15) is 0 Å². The van der Waals surface area contributed by atoms with Crippen LogP contribution < -0.4 is 9.62 Å². The van der Waals surface area contributed by atoms with E-state index in [2.05, 4.69) is 5.32 Å². The lowest BCUT2D eigenvalue weighted by Gasteiger charge is -2.23. The fourth-order valence-electron chi connectivity index (χ4n) is 2.32. The second-order valence-electron chi connectivity index (χ2n) is 5.45. The van der Waals surface area contributed by atoms with Crippen LogP contribution in [0.3, 0.4) is 0 Å². The summed E-state index contributed by atoms with van der Waals surface area (Å²) in [6, 6.07) is 14.6. The van der Waals surface area contributed by atoms with Gasteiger partial charge in [0, 0.05) is 0 Å². The van der Waals surface area contributed by atoms with Crippen molar-refractivity contribution in [2.75, 3.05) is 16.2 Å². The number of anilines is 2. The van der Waals surface area contributed by atoms with Gasteiger partial charge in [0.1, 0.15) is 16.6 Å². The van der Waals surface area contributed by atoms with Crippen molar-refractivity contribution in [1.29, 1.82) is 0 Å². The Hall–Kier alpha value is -2.42. The number of halogens is 2. The summed E-state index contributed by atoms with van der Waals surface area (Å²) in [5.74, 6) is -1.08. The number of rotatable bonds is 6. The third kappa shape index (κ3) is 4.47. The first-order valence-corrected chi connectivity index (χ1v) is 10.4. The van der Waals surface area contributed by atoms with Gasteiger partial charge in [0.15, 0.2) is 0 Å². The topological polar surface area (TPSA) is 66.5 Å². The Morgan fingerprint density at radius 1 is 1.07 bits per heavy atom. The molecule has 0 saturated heterocycles. The Morgan fingerprint density at radius 3 is 2.41 bits per heavy atom. The van der Waals surface area contributed by atoms with Crippen molar-refractivity contribution in [1.82, 2.24) is 0 Å². The number of amides is 1. The molecule has 2 aromatic carbocycles. The second kappa shape index (κ2) is 8.08. The highest BCUT2D eigenvalue weighted by Gasteiger charge is 2.28. The van der Waals surface area contributed by atoms with Crippen LogP contribution in [0.2, 0.25) is 5.02 Å². The summed E-state index contributed by atoms with van der Waals surface area (Å²) in [6.45, 7) is -0.489. The zero-order valence-electron chi connectivity index (χ0n) is 13.8. The Balaban J connectivity index is 1.92. The summed E-state index contributed by atoms with van der Waals surface area (Å²) in [4.78, 5) is 12.5. The standard InChI is InChI=1S/C18H14ClFN2O3S2/c19-15-4-1-2-5-16(15)21-17(23)12-22(14-9-7-13(20)8-10-14)27(24,25)18-6-3-11-26-18/h1-11H,12H2,(H,21,23). The molecule has 1 heterocycles. The molecule has 0 fully saturated rings. The number of para-hydroxylation sites is 1. The quantitative estimate of drug-likeness (QED) is 0.638. The van der Waals surface area contributed by atoms with E-state index in [1.807, 2.05) is 0 Å². The van der Waals surface area contributed by atoms with Crippen LogP contribution in [0.15, 0.2) is 70.3 Å². The highest BCUT2D eigenvalue weighted by atomic mass is 35.5. The van der Waals surface area contributed by atoms with Crippen molar-refractivity contribution in [2.45, 2.75) is 4.21 Å². The summed E-state index contributed by atoms with van der Waals surface area (Å²) in [5, 5.41) is 4.55. The van der Waals surface area contributed by atoms with E-state index in [1.54, 1.807) is 35.7 Å². The van der Waals surface area contributed by atoms with Crippen LogP contribution in [0.5, 0.6) is 0 Å². The number of hydrogen-bond donors (Lipinski definition) is 1. The molecule has 0 unspecified atom stereocenters. The fourth-order valence-corrected chi connectivity index (χ4v) is 5.03. The lowest BCUT2D eigenvalue weighted by Crippen LogP contribution is -2.37. The molecule has 0 aliphatic carbocycles. The normalized spacial score (nSPS) is 11.2. The van der Waals surface area contributed by atoms with Crippen LogP contribution in [-0.2, 0) is 14.8 Å². The maximum Gasteiger partial charge on any atom is 0.274 e. The molecule has 0 radical (unpaired) electrons. The molecule has 0 spiro atoms. The highest BCUT2D eigenvalue weighted by Crippen LogP contribution is 2.27. The highest BCUT2D eigenvalue weighted by molar-refractivity contribution is 7.94. The van der Waals surface area contributed by atoms with Gasteiger partial charge in [-0.25, -0.2) is 12.8 Å². The number of thiophene rings is 1. The van der Waals surface area contributed by atoms with Crippen LogP contribution in [0.1, 0.15) is 0 Å². The number of sulfonamides is 1. The zero-order valence-corrected chi connectivity index (χ0v) is 16.2. The smallest absolute Gasteiger partial charge is 0.274 e. The minimum atomic E-state index is -3.99. The van der Waals surface area contributed by atoms with Crippen LogP contribution in [0.4, 0.5) is 15.8 Å². The Morgan fingerprint density at radius 2 is 1.78 bits per heavy atom. The lowest BCUT2D eigenvalue weighted by atomic mass is 10.3. The fraction of sp³-hybridized carbons (Fsp3) is 0.0556. The molecule has 0 aliphatic rings. The first-order chi connectivity index (χ1) is 12.9. The monoisotopic (exact) mass is 424 g/mol. The van der Waals surface area contributed by atoms with Gasteiger partial charge in [-0.05, 0) is 47.8 Å². The molecule has 9 heteroatoms. The molecule has 0 atom stereocenters. The third-order valence-corrected chi connectivity index (χ3v) is 7.07. The van der Waals surface area contributed by atoms with E-state index in [0.717, 1.165) is 27.8 Å². The molecule has 3 rings (SSSR count). The van der Waals surface area contributed by atoms with Crippen molar-refractivity contribution < 1.29 is 17.6 Å². The van der Waals surface area contributed by atoms with Crippen molar-refractivity contribution in [3.8, 4) is 0 Å². The maximum absolute atomic E-state index is 13.3. The summed E-state index contributed by atoms with van der Waals surface area (Å²) in [7, 11) is -3.99. The van der Waals surface area contributed by atoms with Crippen LogP contribution in [-0.4, -0.2) is 20.9 Å². The van der Waals surface area contributed by atoms with E-state index in [0.29, 0.717) is 10.7 Å². The number of nitrogens with one attached hydrogen (secondary N) is 1. The van der Waals surface area contributed by atoms with Gasteiger partial charge in [0.05, 0.1) is 16.4 Å². The summed E-state index contributed by atoms with van der Waals surface area (Å²) in [6.07, 6.45) is 0. The molecule has 0 aliphatic heterocycles. The molecule has 27 heavy (non-hydrogen) atoms. The predicted molar refractivity (Wildman–Crippen MR) is 105 cm³/mol. The van der Waals surface area contributed by atoms with Crippen molar-refractivity contribution in [3.63, 3.8) is 0 Å². The number of nitrogens with zero attached hydrogens (tertiary/aromatic N) is 1.